The minimum Gasteiger partial charge on any atom is -0.467 e. The first kappa shape index (κ1) is 16.8. The number of allylic oxidation sites excluding steroid dienone is 1. The second kappa shape index (κ2) is 8.14. The molecule has 0 radical (unpaired) electrons. The van der Waals surface area contributed by atoms with Gasteiger partial charge in [-0.3, -0.25) is 4.79 Å². The van der Waals surface area contributed by atoms with Crippen molar-refractivity contribution in [3.63, 3.8) is 0 Å². The Balaban J connectivity index is 2.82. The summed E-state index contributed by atoms with van der Waals surface area (Å²) in [4.78, 5) is 23.5. The molecule has 0 saturated carbocycles. The second-order valence-corrected chi connectivity index (χ2v) is 4.37. The largest absolute Gasteiger partial charge is 0.467 e. The number of rotatable bonds is 7. The number of halogens is 2. The molecule has 1 aromatic carbocycles. The number of carbonyl (C=O) groups is 2. The molecule has 1 amide bonds. The van der Waals surface area contributed by atoms with Crippen molar-refractivity contribution in [2.24, 2.45) is 0 Å². The third-order valence-corrected chi connectivity index (χ3v) is 2.89. The van der Waals surface area contributed by atoms with E-state index in [4.69, 9.17) is 0 Å². The highest BCUT2D eigenvalue weighted by Gasteiger charge is 2.23. The highest BCUT2D eigenvalue weighted by Crippen LogP contribution is 2.12. The summed E-state index contributed by atoms with van der Waals surface area (Å²) in [7, 11) is 1.19. The minimum absolute atomic E-state index is 0.321. The van der Waals surface area contributed by atoms with Crippen LogP contribution < -0.4 is 5.32 Å². The van der Waals surface area contributed by atoms with E-state index in [1.807, 2.05) is 0 Å². The number of ether oxygens (including phenoxy) is 1. The molecule has 0 unspecified atom stereocenters. The monoisotopic (exact) mass is 297 g/mol. The molecule has 0 aromatic heterocycles. The van der Waals surface area contributed by atoms with Crippen LogP contribution in [0.2, 0.25) is 0 Å². The van der Waals surface area contributed by atoms with Crippen LogP contribution in [0.25, 0.3) is 0 Å². The summed E-state index contributed by atoms with van der Waals surface area (Å²) < 4.78 is 31.2. The number of hydrogen-bond donors (Lipinski definition) is 1. The maximum absolute atomic E-state index is 13.5. The first-order valence-corrected chi connectivity index (χ1v) is 6.44. The van der Waals surface area contributed by atoms with Gasteiger partial charge in [0.2, 0.25) is 0 Å². The van der Waals surface area contributed by atoms with Gasteiger partial charge in [0.05, 0.1) is 12.7 Å². The molecule has 0 spiro atoms. The summed E-state index contributed by atoms with van der Waals surface area (Å²) in [6.45, 7) is 3.56. The zero-order valence-corrected chi connectivity index (χ0v) is 11.7. The third-order valence-electron chi connectivity index (χ3n) is 2.89. The van der Waals surface area contributed by atoms with Gasteiger partial charge >= 0.3 is 5.97 Å². The lowest BCUT2D eigenvalue weighted by molar-refractivity contribution is -0.143. The Kier molecular flexibility index (Phi) is 6.52. The van der Waals surface area contributed by atoms with Crippen LogP contribution in [-0.4, -0.2) is 25.0 Å². The Morgan fingerprint density at radius 2 is 2.14 bits per heavy atom. The SMILES string of the molecule is C=CCCC[C@H](NC(=O)c1cccc(F)c1F)C(=O)OC. The van der Waals surface area contributed by atoms with Gasteiger partial charge < -0.3 is 10.1 Å². The van der Waals surface area contributed by atoms with Crippen LogP contribution in [0.1, 0.15) is 29.6 Å². The van der Waals surface area contributed by atoms with E-state index in [-0.39, 0.29) is 0 Å². The van der Waals surface area contributed by atoms with E-state index in [1.165, 1.54) is 13.2 Å². The first-order chi connectivity index (χ1) is 10.0. The van der Waals surface area contributed by atoms with Crippen LogP contribution in [0.5, 0.6) is 0 Å². The zero-order valence-electron chi connectivity index (χ0n) is 11.7. The molecule has 0 heterocycles. The molecule has 114 valence electrons. The molecule has 1 atom stereocenters. The van der Waals surface area contributed by atoms with Crippen molar-refractivity contribution in [3.8, 4) is 0 Å². The predicted molar refractivity (Wildman–Crippen MR) is 73.7 cm³/mol. The van der Waals surface area contributed by atoms with Crippen molar-refractivity contribution in [1.82, 2.24) is 5.32 Å². The fraction of sp³-hybridized carbons (Fsp3) is 0.333. The molecule has 0 bridgehead atoms. The number of esters is 1. The molecule has 0 fully saturated rings. The minimum atomic E-state index is -1.25. The van der Waals surface area contributed by atoms with E-state index in [2.05, 4.69) is 16.6 Å². The van der Waals surface area contributed by atoms with Crippen LogP contribution in [0.15, 0.2) is 30.9 Å². The average Bonchev–Trinajstić information content (AvgIpc) is 2.48. The number of unbranched alkanes of at least 4 members (excludes halogenated alkanes) is 1. The summed E-state index contributed by atoms with van der Waals surface area (Å²) in [5.41, 5.74) is -0.451. The number of benzene rings is 1. The molecule has 1 N–H and O–H groups in total. The van der Waals surface area contributed by atoms with Gasteiger partial charge in [-0.1, -0.05) is 12.1 Å². The predicted octanol–water partition coefficient (Wildman–Crippen LogP) is 2.59. The lowest BCUT2D eigenvalue weighted by Gasteiger charge is -2.16. The van der Waals surface area contributed by atoms with Gasteiger partial charge in [0, 0.05) is 0 Å². The Labute approximate surface area is 121 Å². The Morgan fingerprint density at radius 1 is 1.43 bits per heavy atom. The first-order valence-electron chi connectivity index (χ1n) is 6.44. The van der Waals surface area contributed by atoms with Crippen molar-refractivity contribution in [1.29, 1.82) is 0 Å². The maximum Gasteiger partial charge on any atom is 0.328 e. The van der Waals surface area contributed by atoms with Crippen molar-refractivity contribution in [2.45, 2.75) is 25.3 Å². The highest BCUT2D eigenvalue weighted by atomic mass is 19.2. The molecule has 21 heavy (non-hydrogen) atoms. The smallest absolute Gasteiger partial charge is 0.328 e. The number of carbonyl (C=O) groups excluding carboxylic acids is 2. The van der Waals surface area contributed by atoms with Gasteiger partial charge in [-0.2, -0.15) is 0 Å². The molecule has 0 aliphatic rings. The lowest BCUT2D eigenvalue weighted by Crippen LogP contribution is -2.41. The molecule has 0 aliphatic carbocycles. The van der Waals surface area contributed by atoms with Crippen LogP contribution in [-0.2, 0) is 9.53 Å². The molecule has 6 heteroatoms. The average molecular weight is 297 g/mol. The fourth-order valence-electron chi connectivity index (χ4n) is 1.77. The van der Waals surface area contributed by atoms with Crippen molar-refractivity contribution >= 4 is 11.9 Å². The summed E-state index contributed by atoms with van der Waals surface area (Å²) in [6.07, 6.45) is 3.27. The van der Waals surface area contributed by atoms with Crippen LogP contribution in [0.4, 0.5) is 8.78 Å². The zero-order chi connectivity index (χ0) is 15.8. The molecule has 0 aliphatic heterocycles. The van der Waals surface area contributed by atoms with E-state index in [0.717, 1.165) is 12.1 Å². The van der Waals surface area contributed by atoms with Gasteiger partial charge in [0.15, 0.2) is 11.6 Å². The van der Waals surface area contributed by atoms with E-state index < -0.39 is 35.1 Å². The topological polar surface area (TPSA) is 55.4 Å². The normalized spacial score (nSPS) is 11.6. The number of hydrogen-bond acceptors (Lipinski definition) is 3. The third kappa shape index (κ3) is 4.66. The molecular weight excluding hydrogens is 280 g/mol. The molecule has 0 saturated heterocycles. The van der Waals surface area contributed by atoms with Crippen molar-refractivity contribution in [2.75, 3.05) is 7.11 Å². The van der Waals surface area contributed by atoms with Crippen molar-refractivity contribution < 1.29 is 23.1 Å². The van der Waals surface area contributed by atoms with Crippen LogP contribution >= 0.6 is 0 Å². The Morgan fingerprint density at radius 3 is 2.76 bits per heavy atom. The maximum atomic E-state index is 13.5. The van der Waals surface area contributed by atoms with Gasteiger partial charge in [-0.15, -0.1) is 6.58 Å². The number of nitrogens with one attached hydrogen (secondary N) is 1. The summed E-state index contributed by atoms with van der Waals surface area (Å²) >= 11 is 0. The summed E-state index contributed by atoms with van der Waals surface area (Å²) in [5, 5.41) is 2.36. The Bertz CT molecular complexity index is 532. The van der Waals surface area contributed by atoms with Gasteiger partial charge in [0.25, 0.3) is 5.91 Å². The van der Waals surface area contributed by atoms with Gasteiger partial charge in [0.1, 0.15) is 6.04 Å². The van der Waals surface area contributed by atoms with E-state index in [0.29, 0.717) is 19.3 Å². The quantitative estimate of drug-likeness (QED) is 0.478. The summed E-state index contributed by atoms with van der Waals surface area (Å²) in [5.74, 6) is -3.86. The van der Waals surface area contributed by atoms with E-state index >= 15 is 0 Å². The molecule has 4 nitrogen and oxygen atoms in total. The standard InChI is InChI=1S/C15H17F2NO3/c1-3-4-5-9-12(15(20)21-2)18-14(19)10-7-6-8-11(16)13(10)17/h3,6-8,12H,1,4-5,9H2,2H3,(H,18,19)/t12-/m0/s1. The molecule has 1 rings (SSSR count). The molecular formula is C15H17F2NO3. The van der Waals surface area contributed by atoms with Gasteiger partial charge in [-0.25, -0.2) is 13.6 Å². The van der Waals surface area contributed by atoms with Crippen LogP contribution in [0, 0.1) is 11.6 Å². The van der Waals surface area contributed by atoms with E-state index in [1.54, 1.807) is 6.08 Å². The van der Waals surface area contributed by atoms with E-state index in [9.17, 15) is 18.4 Å². The highest BCUT2D eigenvalue weighted by molar-refractivity contribution is 5.97. The lowest BCUT2D eigenvalue weighted by atomic mass is 10.1. The van der Waals surface area contributed by atoms with Crippen molar-refractivity contribution in [3.05, 3.63) is 48.1 Å². The summed E-state index contributed by atoms with van der Waals surface area (Å²) in [6, 6.07) is 2.36. The fourth-order valence-corrected chi connectivity index (χ4v) is 1.77. The molecule has 1 aromatic rings. The second-order valence-electron chi connectivity index (χ2n) is 4.37. The number of methoxy groups -OCH3 is 1. The van der Waals surface area contributed by atoms with Crippen LogP contribution in [0.3, 0.4) is 0 Å². The Hall–Kier alpha value is -2.24. The number of amides is 1. The van der Waals surface area contributed by atoms with Gasteiger partial charge in [-0.05, 0) is 31.4 Å².